The number of nitro groups is 1. The molecule has 88 valence electrons. The second-order valence-corrected chi connectivity index (χ2v) is 3.48. The molecule has 0 amide bonds. The summed E-state index contributed by atoms with van der Waals surface area (Å²) in [7, 11) is 0. The molecule has 0 spiro atoms. The predicted octanol–water partition coefficient (Wildman–Crippen LogP) is 2.17. The fourth-order valence-electron chi connectivity index (χ4n) is 1.19. The zero-order valence-corrected chi connectivity index (χ0v) is 8.28. The van der Waals surface area contributed by atoms with Crippen LogP contribution in [0.1, 0.15) is 12.5 Å². The van der Waals surface area contributed by atoms with Gasteiger partial charge < -0.3 is 5.73 Å². The minimum absolute atomic E-state index is 0.572. The van der Waals surface area contributed by atoms with E-state index < -0.39 is 34.0 Å². The molecule has 0 aliphatic carbocycles. The van der Waals surface area contributed by atoms with E-state index in [-0.39, 0.29) is 0 Å². The van der Waals surface area contributed by atoms with Crippen LogP contribution in [0, 0.1) is 15.9 Å². The smallest absolute Gasteiger partial charge is 0.305 e. The SMILES string of the molecule is CC(N)(c1cccc([N+](=O)[O-])c1F)C(F)F. The summed E-state index contributed by atoms with van der Waals surface area (Å²) in [6, 6.07) is 3.01. The second-order valence-electron chi connectivity index (χ2n) is 3.48. The number of nitro benzene ring substituents is 1. The number of halogens is 3. The van der Waals surface area contributed by atoms with Crippen LogP contribution in [-0.2, 0) is 5.54 Å². The average molecular weight is 234 g/mol. The van der Waals surface area contributed by atoms with Gasteiger partial charge in [-0.15, -0.1) is 0 Å². The summed E-state index contributed by atoms with van der Waals surface area (Å²) in [5, 5.41) is 10.4. The van der Waals surface area contributed by atoms with Crippen LogP contribution in [0.2, 0.25) is 0 Å². The van der Waals surface area contributed by atoms with Crippen molar-refractivity contribution in [1.82, 2.24) is 0 Å². The number of nitrogens with two attached hydrogens (primary N) is 1. The minimum Gasteiger partial charge on any atom is -0.317 e. The number of nitrogens with zero attached hydrogens (tertiary/aromatic N) is 1. The first-order valence-electron chi connectivity index (χ1n) is 4.29. The fourth-order valence-corrected chi connectivity index (χ4v) is 1.19. The first kappa shape index (κ1) is 12.4. The summed E-state index contributed by atoms with van der Waals surface area (Å²) in [5.74, 6) is -1.32. The monoisotopic (exact) mass is 234 g/mol. The Morgan fingerprint density at radius 1 is 1.50 bits per heavy atom. The van der Waals surface area contributed by atoms with Gasteiger partial charge in [-0.3, -0.25) is 10.1 Å². The van der Waals surface area contributed by atoms with Gasteiger partial charge in [-0.25, -0.2) is 8.78 Å². The maximum Gasteiger partial charge on any atom is 0.305 e. The molecule has 1 aromatic carbocycles. The maximum absolute atomic E-state index is 13.5. The van der Waals surface area contributed by atoms with Gasteiger partial charge in [0.15, 0.2) is 0 Å². The molecule has 0 radical (unpaired) electrons. The molecule has 1 unspecified atom stereocenters. The lowest BCUT2D eigenvalue weighted by molar-refractivity contribution is -0.387. The molecule has 0 aliphatic heterocycles. The highest BCUT2D eigenvalue weighted by Gasteiger charge is 2.37. The van der Waals surface area contributed by atoms with Gasteiger partial charge in [0.2, 0.25) is 5.82 Å². The molecule has 0 saturated heterocycles. The van der Waals surface area contributed by atoms with Gasteiger partial charge in [0, 0.05) is 11.6 Å². The molecule has 0 fully saturated rings. The first-order valence-corrected chi connectivity index (χ1v) is 4.29. The molecule has 0 saturated carbocycles. The fraction of sp³-hybridized carbons (Fsp3) is 0.333. The maximum atomic E-state index is 13.5. The molecule has 1 aromatic rings. The third-order valence-electron chi connectivity index (χ3n) is 2.21. The Morgan fingerprint density at radius 2 is 2.06 bits per heavy atom. The topological polar surface area (TPSA) is 69.2 Å². The lowest BCUT2D eigenvalue weighted by Crippen LogP contribution is -2.41. The van der Waals surface area contributed by atoms with Crippen molar-refractivity contribution in [2.75, 3.05) is 0 Å². The van der Waals surface area contributed by atoms with E-state index in [9.17, 15) is 23.3 Å². The van der Waals surface area contributed by atoms with E-state index in [0.717, 1.165) is 25.1 Å². The zero-order chi connectivity index (χ0) is 12.5. The largest absolute Gasteiger partial charge is 0.317 e. The quantitative estimate of drug-likeness (QED) is 0.643. The van der Waals surface area contributed by atoms with Crippen molar-refractivity contribution in [3.63, 3.8) is 0 Å². The summed E-state index contributed by atoms with van der Waals surface area (Å²) < 4.78 is 38.6. The van der Waals surface area contributed by atoms with Gasteiger partial charge in [0.1, 0.15) is 5.54 Å². The van der Waals surface area contributed by atoms with E-state index in [1.807, 2.05) is 0 Å². The van der Waals surface area contributed by atoms with Gasteiger partial charge in [-0.2, -0.15) is 4.39 Å². The van der Waals surface area contributed by atoms with Gasteiger partial charge in [0.25, 0.3) is 6.43 Å². The normalized spacial score (nSPS) is 14.9. The van der Waals surface area contributed by atoms with E-state index >= 15 is 0 Å². The molecule has 7 heteroatoms. The number of rotatable bonds is 3. The van der Waals surface area contributed by atoms with Crippen LogP contribution < -0.4 is 5.73 Å². The third-order valence-corrected chi connectivity index (χ3v) is 2.21. The van der Waals surface area contributed by atoms with Crippen molar-refractivity contribution in [3.05, 3.63) is 39.7 Å². The van der Waals surface area contributed by atoms with Crippen molar-refractivity contribution < 1.29 is 18.1 Å². The van der Waals surface area contributed by atoms with Gasteiger partial charge in [0.05, 0.1) is 4.92 Å². The molecular formula is C9H9F3N2O2. The number of hydrogen-bond donors (Lipinski definition) is 1. The van der Waals surface area contributed by atoms with Crippen molar-refractivity contribution in [2.45, 2.75) is 18.9 Å². The highest BCUT2D eigenvalue weighted by atomic mass is 19.3. The van der Waals surface area contributed by atoms with Crippen LogP contribution >= 0.6 is 0 Å². The first-order chi connectivity index (χ1) is 7.28. The van der Waals surface area contributed by atoms with Crippen LogP contribution in [0.4, 0.5) is 18.9 Å². The molecule has 0 heterocycles. The summed E-state index contributed by atoms with van der Waals surface area (Å²) in [6.45, 7) is 0.916. The minimum atomic E-state index is -3.02. The lowest BCUT2D eigenvalue weighted by Gasteiger charge is -2.24. The van der Waals surface area contributed by atoms with E-state index in [2.05, 4.69) is 0 Å². The third kappa shape index (κ3) is 1.99. The second kappa shape index (κ2) is 4.09. The van der Waals surface area contributed by atoms with Crippen molar-refractivity contribution in [3.8, 4) is 0 Å². The van der Waals surface area contributed by atoms with Gasteiger partial charge in [-0.1, -0.05) is 12.1 Å². The van der Waals surface area contributed by atoms with Crippen molar-refractivity contribution >= 4 is 5.69 Å². The summed E-state index contributed by atoms with van der Waals surface area (Å²) in [5.41, 5.74) is 1.55. The number of hydrogen-bond acceptors (Lipinski definition) is 3. The Morgan fingerprint density at radius 3 is 2.50 bits per heavy atom. The standard InChI is InChI=1S/C9H9F3N2O2/c1-9(13,8(11)12)5-3-2-4-6(7(5)10)14(15)16/h2-4,8H,13H2,1H3. The molecule has 0 aliphatic rings. The van der Waals surface area contributed by atoms with Gasteiger partial charge >= 0.3 is 5.69 Å². The Bertz CT molecular complexity index is 421. The van der Waals surface area contributed by atoms with E-state index in [4.69, 9.17) is 5.73 Å². The summed E-state index contributed by atoms with van der Waals surface area (Å²) in [4.78, 5) is 9.42. The predicted molar refractivity (Wildman–Crippen MR) is 50.6 cm³/mol. The van der Waals surface area contributed by atoms with Crippen LogP contribution in [-0.4, -0.2) is 11.3 Å². The molecule has 1 rings (SSSR count). The molecule has 0 aromatic heterocycles. The van der Waals surface area contributed by atoms with E-state index in [1.165, 1.54) is 0 Å². The van der Waals surface area contributed by atoms with Crippen LogP contribution in [0.25, 0.3) is 0 Å². The summed E-state index contributed by atoms with van der Waals surface area (Å²) >= 11 is 0. The Balaban J connectivity index is 3.36. The lowest BCUT2D eigenvalue weighted by atomic mass is 9.93. The van der Waals surface area contributed by atoms with Crippen molar-refractivity contribution in [1.29, 1.82) is 0 Å². The molecule has 0 bridgehead atoms. The Labute approximate surface area is 89.0 Å². The highest BCUT2D eigenvalue weighted by molar-refractivity contribution is 5.40. The van der Waals surface area contributed by atoms with Crippen molar-refractivity contribution in [2.24, 2.45) is 5.73 Å². The Kier molecular flexibility index (Phi) is 3.18. The Hall–Kier alpha value is -1.63. The van der Waals surface area contributed by atoms with Crippen LogP contribution in [0.15, 0.2) is 18.2 Å². The number of alkyl halides is 2. The number of benzene rings is 1. The molecule has 2 N–H and O–H groups in total. The van der Waals surface area contributed by atoms with E-state index in [0.29, 0.717) is 0 Å². The zero-order valence-electron chi connectivity index (χ0n) is 8.28. The molecule has 16 heavy (non-hydrogen) atoms. The van der Waals surface area contributed by atoms with Gasteiger partial charge in [-0.05, 0) is 6.92 Å². The average Bonchev–Trinajstić information content (AvgIpc) is 2.16. The highest BCUT2D eigenvalue weighted by Crippen LogP contribution is 2.31. The van der Waals surface area contributed by atoms with Crippen LogP contribution in [0.3, 0.4) is 0 Å². The molecule has 4 nitrogen and oxygen atoms in total. The molecular weight excluding hydrogens is 225 g/mol. The van der Waals surface area contributed by atoms with E-state index in [1.54, 1.807) is 0 Å². The van der Waals surface area contributed by atoms with Crippen LogP contribution in [0.5, 0.6) is 0 Å². The summed E-state index contributed by atoms with van der Waals surface area (Å²) in [6.07, 6.45) is -3.02. The molecule has 1 atom stereocenters.